The SMILES string of the molecule is Cc1cc(C(NN)c2cccc(N(C)C)c2)ccc1F. The molecule has 0 heterocycles. The highest BCUT2D eigenvalue weighted by atomic mass is 19.1. The maximum atomic E-state index is 13.4. The number of nitrogens with two attached hydrogens (primary N) is 1. The topological polar surface area (TPSA) is 41.3 Å². The van der Waals surface area contributed by atoms with Crippen molar-refractivity contribution >= 4 is 5.69 Å². The van der Waals surface area contributed by atoms with Crippen LogP contribution in [0.3, 0.4) is 0 Å². The maximum absolute atomic E-state index is 13.4. The number of aryl methyl sites for hydroxylation is 1. The lowest BCUT2D eigenvalue weighted by atomic mass is 9.97. The fourth-order valence-electron chi connectivity index (χ4n) is 2.21. The first-order valence-electron chi connectivity index (χ1n) is 6.52. The molecule has 106 valence electrons. The summed E-state index contributed by atoms with van der Waals surface area (Å²) in [7, 11) is 3.98. The van der Waals surface area contributed by atoms with E-state index < -0.39 is 0 Å². The summed E-state index contributed by atoms with van der Waals surface area (Å²) in [5, 5.41) is 0. The number of benzene rings is 2. The Bertz CT molecular complexity index is 596. The molecule has 2 aromatic rings. The summed E-state index contributed by atoms with van der Waals surface area (Å²) in [6.07, 6.45) is 0. The molecule has 0 fully saturated rings. The first-order chi connectivity index (χ1) is 9.52. The molecule has 0 radical (unpaired) electrons. The molecule has 0 saturated heterocycles. The van der Waals surface area contributed by atoms with E-state index in [4.69, 9.17) is 5.84 Å². The van der Waals surface area contributed by atoms with Gasteiger partial charge in [0.25, 0.3) is 0 Å². The number of rotatable bonds is 4. The highest BCUT2D eigenvalue weighted by Crippen LogP contribution is 2.25. The molecule has 1 atom stereocenters. The zero-order valence-corrected chi connectivity index (χ0v) is 12.0. The van der Waals surface area contributed by atoms with Gasteiger partial charge in [-0.1, -0.05) is 24.3 Å². The number of hydrogen-bond donors (Lipinski definition) is 2. The number of hydrazine groups is 1. The fourth-order valence-corrected chi connectivity index (χ4v) is 2.21. The summed E-state index contributed by atoms with van der Waals surface area (Å²) in [6.45, 7) is 1.75. The third-order valence-corrected chi connectivity index (χ3v) is 3.40. The van der Waals surface area contributed by atoms with Crippen LogP contribution in [-0.2, 0) is 0 Å². The second-order valence-electron chi connectivity index (χ2n) is 5.10. The smallest absolute Gasteiger partial charge is 0.126 e. The van der Waals surface area contributed by atoms with E-state index >= 15 is 0 Å². The maximum Gasteiger partial charge on any atom is 0.126 e. The van der Waals surface area contributed by atoms with Gasteiger partial charge in [-0.05, 0) is 41.8 Å². The van der Waals surface area contributed by atoms with Crippen molar-refractivity contribution in [1.29, 1.82) is 0 Å². The third-order valence-electron chi connectivity index (χ3n) is 3.40. The van der Waals surface area contributed by atoms with Crippen LogP contribution in [-0.4, -0.2) is 14.1 Å². The molecule has 0 saturated carbocycles. The number of hydrogen-bond acceptors (Lipinski definition) is 3. The van der Waals surface area contributed by atoms with Crippen LogP contribution in [0.2, 0.25) is 0 Å². The van der Waals surface area contributed by atoms with E-state index in [0.717, 1.165) is 16.8 Å². The molecule has 0 aliphatic heterocycles. The van der Waals surface area contributed by atoms with Crippen molar-refractivity contribution in [1.82, 2.24) is 5.43 Å². The van der Waals surface area contributed by atoms with Gasteiger partial charge in [0.05, 0.1) is 6.04 Å². The fraction of sp³-hybridized carbons (Fsp3) is 0.250. The van der Waals surface area contributed by atoms with Crippen LogP contribution in [0.4, 0.5) is 10.1 Å². The summed E-state index contributed by atoms with van der Waals surface area (Å²) in [6, 6.07) is 13.0. The van der Waals surface area contributed by atoms with Crippen LogP contribution in [0.25, 0.3) is 0 Å². The van der Waals surface area contributed by atoms with E-state index in [1.165, 1.54) is 6.07 Å². The first-order valence-corrected chi connectivity index (χ1v) is 6.52. The molecule has 2 aromatic carbocycles. The van der Waals surface area contributed by atoms with Gasteiger partial charge in [-0.2, -0.15) is 0 Å². The minimum Gasteiger partial charge on any atom is -0.378 e. The van der Waals surface area contributed by atoms with Crippen molar-refractivity contribution in [3.05, 3.63) is 65.0 Å². The Morgan fingerprint density at radius 3 is 2.40 bits per heavy atom. The van der Waals surface area contributed by atoms with Crippen molar-refractivity contribution in [3.63, 3.8) is 0 Å². The molecular formula is C16H20FN3. The molecule has 0 aromatic heterocycles. The molecule has 3 N–H and O–H groups in total. The number of nitrogens with one attached hydrogen (secondary N) is 1. The van der Waals surface area contributed by atoms with Crippen LogP contribution in [0.1, 0.15) is 22.7 Å². The van der Waals surface area contributed by atoms with E-state index in [0.29, 0.717) is 5.56 Å². The summed E-state index contributed by atoms with van der Waals surface area (Å²) in [4.78, 5) is 2.03. The van der Waals surface area contributed by atoms with Crippen molar-refractivity contribution in [3.8, 4) is 0 Å². The molecule has 4 heteroatoms. The number of halogens is 1. The molecule has 3 nitrogen and oxygen atoms in total. The second kappa shape index (κ2) is 6.03. The number of anilines is 1. The second-order valence-corrected chi connectivity index (χ2v) is 5.10. The lowest BCUT2D eigenvalue weighted by Gasteiger charge is -2.20. The molecule has 2 rings (SSSR count). The Morgan fingerprint density at radius 1 is 1.10 bits per heavy atom. The van der Waals surface area contributed by atoms with Crippen molar-refractivity contribution < 1.29 is 4.39 Å². The van der Waals surface area contributed by atoms with Gasteiger partial charge in [0, 0.05) is 19.8 Å². The highest BCUT2D eigenvalue weighted by Gasteiger charge is 2.14. The van der Waals surface area contributed by atoms with Gasteiger partial charge in [-0.25, -0.2) is 9.82 Å². The quantitative estimate of drug-likeness (QED) is 0.665. The predicted molar refractivity (Wildman–Crippen MR) is 81.1 cm³/mol. The Labute approximate surface area is 119 Å². The monoisotopic (exact) mass is 273 g/mol. The molecule has 0 aliphatic carbocycles. The highest BCUT2D eigenvalue weighted by molar-refractivity contribution is 5.49. The summed E-state index contributed by atoms with van der Waals surface area (Å²) in [5.74, 6) is 5.49. The van der Waals surface area contributed by atoms with Gasteiger partial charge in [0.1, 0.15) is 5.82 Å². The van der Waals surface area contributed by atoms with E-state index in [9.17, 15) is 4.39 Å². The van der Waals surface area contributed by atoms with E-state index in [-0.39, 0.29) is 11.9 Å². The Morgan fingerprint density at radius 2 is 1.80 bits per heavy atom. The zero-order valence-electron chi connectivity index (χ0n) is 12.0. The normalized spacial score (nSPS) is 12.2. The largest absolute Gasteiger partial charge is 0.378 e. The molecule has 20 heavy (non-hydrogen) atoms. The first kappa shape index (κ1) is 14.5. The van der Waals surface area contributed by atoms with Gasteiger partial charge < -0.3 is 4.90 Å². The molecule has 0 spiro atoms. The molecule has 0 amide bonds. The van der Waals surface area contributed by atoms with Gasteiger partial charge in [0.2, 0.25) is 0 Å². The van der Waals surface area contributed by atoms with Gasteiger partial charge in [-0.15, -0.1) is 0 Å². The Hall–Kier alpha value is -1.91. The van der Waals surface area contributed by atoms with Crippen molar-refractivity contribution in [2.75, 3.05) is 19.0 Å². The van der Waals surface area contributed by atoms with Gasteiger partial charge in [0.15, 0.2) is 0 Å². The van der Waals surface area contributed by atoms with Gasteiger partial charge >= 0.3 is 0 Å². The minimum absolute atomic E-state index is 0.158. The summed E-state index contributed by atoms with van der Waals surface area (Å²) >= 11 is 0. The lowest BCUT2D eigenvalue weighted by molar-refractivity contribution is 0.607. The van der Waals surface area contributed by atoms with Crippen LogP contribution in [0.15, 0.2) is 42.5 Å². The van der Waals surface area contributed by atoms with Crippen LogP contribution < -0.4 is 16.2 Å². The van der Waals surface area contributed by atoms with E-state index in [1.54, 1.807) is 13.0 Å². The molecule has 1 unspecified atom stereocenters. The summed E-state index contributed by atoms with van der Waals surface area (Å²) < 4.78 is 13.4. The van der Waals surface area contributed by atoms with Crippen LogP contribution in [0, 0.1) is 12.7 Å². The van der Waals surface area contributed by atoms with Crippen molar-refractivity contribution in [2.45, 2.75) is 13.0 Å². The molecule has 0 aliphatic rings. The van der Waals surface area contributed by atoms with Crippen LogP contribution in [0.5, 0.6) is 0 Å². The summed E-state index contributed by atoms with van der Waals surface area (Å²) in [5.41, 5.74) is 6.51. The van der Waals surface area contributed by atoms with E-state index in [1.807, 2.05) is 43.3 Å². The predicted octanol–water partition coefficient (Wildman–Crippen LogP) is 2.75. The zero-order chi connectivity index (χ0) is 14.7. The Balaban J connectivity index is 2.41. The van der Waals surface area contributed by atoms with Crippen molar-refractivity contribution in [2.24, 2.45) is 5.84 Å². The van der Waals surface area contributed by atoms with Crippen LogP contribution >= 0.6 is 0 Å². The average molecular weight is 273 g/mol. The minimum atomic E-state index is -0.202. The Kier molecular flexibility index (Phi) is 4.37. The number of nitrogens with zero attached hydrogens (tertiary/aromatic N) is 1. The third kappa shape index (κ3) is 2.98. The molecular weight excluding hydrogens is 253 g/mol. The standard InChI is InChI=1S/C16H20FN3/c1-11-9-13(7-8-15(11)17)16(19-18)12-5-4-6-14(10-12)20(2)3/h4-10,16,19H,18H2,1-3H3. The van der Waals surface area contributed by atoms with Gasteiger partial charge in [-0.3, -0.25) is 5.84 Å². The van der Waals surface area contributed by atoms with E-state index in [2.05, 4.69) is 11.5 Å². The lowest BCUT2D eigenvalue weighted by Crippen LogP contribution is -2.29. The average Bonchev–Trinajstić information content (AvgIpc) is 2.44. The molecule has 0 bridgehead atoms.